The maximum atomic E-state index is 12.7. The second-order valence-electron chi connectivity index (χ2n) is 23.3. The Kier molecular flexibility index (Phi) is 22.4. The van der Waals surface area contributed by atoms with E-state index in [1.807, 2.05) is 67.0 Å². The van der Waals surface area contributed by atoms with Gasteiger partial charge in [-0.1, -0.05) is 126 Å². The highest BCUT2D eigenvalue weighted by molar-refractivity contribution is 6.49. The number of carbonyl (C=O) groups excluding carboxylic acids is 5. The van der Waals surface area contributed by atoms with Crippen LogP contribution < -0.4 is 16.0 Å². The number of amides is 3. The summed E-state index contributed by atoms with van der Waals surface area (Å²) in [6.45, 7) is 5.07. The molecule has 0 saturated heterocycles. The molecule has 432 valence electrons. The third-order valence-electron chi connectivity index (χ3n) is 17.1. The Morgan fingerprint density at radius 3 is 1.15 bits per heavy atom. The van der Waals surface area contributed by atoms with Gasteiger partial charge in [0.1, 0.15) is 6.04 Å². The highest BCUT2D eigenvalue weighted by atomic mass is 35.5. The van der Waals surface area contributed by atoms with Crippen molar-refractivity contribution in [2.24, 2.45) is 35.5 Å². The van der Waals surface area contributed by atoms with E-state index in [9.17, 15) is 28.8 Å². The zero-order chi connectivity index (χ0) is 58.1. The van der Waals surface area contributed by atoms with Gasteiger partial charge in [-0.3, -0.25) is 38.7 Å². The lowest BCUT2D eigenvalue weighted by molar-refractivity contribution is -0.141. The molecule has 3 saturated carbocycles. The number of aromatic nitrogens is 2. The van der Waals surface area contributed by atoms with Gasteiger partial charge in [-0.2, -0.15) is 0 Å². The van der Waals surface area contributed by atoms with Crippen molar-refractivity contribution < 1.29 is 33.9 Å². The maximum absolute atomic E-state index is 12.7. The highest BCUT2D eigenvalue weighted by Crippen LogP contribution is 2.37. The Bertz CT molecular complexity index is 2920. The van der Waals surface area contributed by atoms with Crippen LogP contribution in [0, 0.1) is 35.5 Å². The van der Waals surface area contributed by atoms with Gasteiger partial charge < -0.3 is 21.1 Å². The van der Waals surface area contributed by atoms with E-state index in [2.05, 4.69) is 86.6 Å². The minimum absolute atomic E-state index is 0.0128. The standard InChI is InChI=1S/2C26H29ClN2O2.C16H21NO3/c2*1-17(25(30)12-8-20-15-22-23(27)10-11-24(22)28-16-20)29-26(31)21-9-7-19(14-21)13-18-5-3-2-4-6-18;1-11(16(19)20)17-15(18)14-8-7-13(10-14)9-12-5-3-2-4-6-12/h2*2-6,10,15-17,19,21H,7-9,11-14H2,1H3,(H,29,31);2-6,11,13-14H,7-10H2,1H3,(H,17,18)(H,19,20)/t2*17-,19-,21+;11-,13-,14+/m000/s1. The Morgan fingerprint density at radius 1 is 0.488 bits per heavy atom. The molecule has 12 nitrogen and oxygen atoms in total. The number of aliphatic carboxylic acids is 1. The molecule has 5 aliphatic carbocycles. The summed E-state index contributed by atoms with van der Waals surface area (Å²) >= 11 is 12.4. The van der Waals surface area contributed by atoms with Crippen molar-refractivity contribution in [1.29, 1.82) is 0 Å². The van der Waals surface area contributed by atoms with Crippen LogP contribution in [0.1, 0.15) is 142 Å². The molecule has 3 fully saturated rings. The van der Waals surface area contributed by atoms with Crippen molar-refractivity contribution in [3.05, 3.63) is 178 Å². The predicted molar refractivity (Wildman–Crippen MR) is 324 cm³/mol. The largest absolute Gasteiger partial charge is 0.480 e. The molecule has 0 bridgehead atoms. The zero-order valence-corrected chi connectivity index (χ0v) is 49.1. The van der Waals surface area contributed by atoms with Crippen molar-refractivity contribution in [1.82, 2.24) is 25.9 Å². The summed E-state index contributed by atoms with van der Waals surface area (Å²) < 4.78 is 0. The molecule has 0 spiro atoms. The number of rotatable bonds is 21. The van der Waals surface area contributed by atoms with E-state index in [0.29, 0.717) is 43.4 Å². The average Bonchev–Trinajstić information content (AvgIpc) is 4.52. The molecule has 14 heteroatoms. The monoisotopic (exact) mass is 1150 g/mol. The minimum Gasteiger partial charge on any atom is -0.480 e. The summed E-state index contributed by atoms with van der Waals surface area (Å²) in [4.78, 5) is 82.2. The predicted octanol–water partition coefficient (Wildman–Crippen LogP) is 12.0. The molecule has 5 aliphatic rings. The van der Waals surface area contributed by atoms with Crippen molar-refractivity contribution >= 4 is 68.5 Å². The van der Waals surface area contributed by atoms with E-state index in [1.54, 1.807) is 13.8 Å². The molecule has 0 aliphatic heterocycles. The fraction of sp³-hybridized carbons (Fsp3) is 0.441. The molecule has 3 aromatic carbocycles. The number of pyridine rings is 2. The van der Waals surface area contributed by atoms with Crippen LogP contribution in [0.25, 0.3) is 10.1 Å². The van der Waals surface area contributed by atoms with Crippen LogP contribution in [0.15, 0.2) is 128 Å². The molecule has 5 aromatic rings. The molecule has 2 aromatic heterocycles. The molecule has 3 amide bonds. The Hall–Kier alpha value is -6.76. The number of nitrogens with zero attached hydrogens (tertiary/aromatic N) is 2. The first kappa shape index (κ1) is 61.3. The maximum Gasteiger partial charge on any atom is 0.325 e. The summed E-state index contributed by atoms with van der Waals surface area (Å²) in [5.74, 6) is 0.627. The second kappa shape index (κ2) is 30.0. The minimum atomic E-state index is -0.989. The van der Waals surface area contributed by atoms with Gasteiger partial charge in [-0.15, -0.1) is 0 Å². The number of carboxylic acid groups (broad SMARTS) is 1. The van der Waals surface area contributed by atoms with E-state index in [1.165, 1.54) is 23.6 Å². The fourth-order valence-electron chi connectivity index (χ4n) is 12.2. The number of carbonyl (C=O) groups is 6. The van der Waals surface area contributed by atoms with Crippen LogP contribution in [0.2, 0.25) is 0 Å². The van der Waals surface area contributed by atoms with Crippen LogP contribution in [0.3, 0.4) is 0 Å². The lowest BCUT2D eigenvalue weighted by Crippen LogP contribution is -2.41. The number of carboxylic acids is 1. The number of hydrogen-bond donors (Lipinski definition) is 4. The van der Waals surface area contributed by atoms with Crippen LogP contribution in [-0.4, -0.2) is 68.5 Å². The van der Waals surface area contributed by atoms with Crippen LogP contribution in [-0.2, 0) is 73.7 Å². The van der Waals surface area contributed by atoms with Crippen LogP contribution >= 0.6 is 23.2 Å². The summed E-state index contributed by atoms with van der Waals surface area (Å²) in [7, 11) is 0. The molecular formula is C68H79Cl2N5O7. The smallest absolute Gasteiger partial charge is 0.325 e. The number of aryl methyl sites for hydroxylation is 2. The molecular weight excluding hydrogens is 1070 g/mol. The molecule has 82 heavy (non-hydrogen) atoms. The number of Topliss-reactive ketones (excluding diaryl/α,β-unsaturated/α-hetero) is 2. The lowest BCUT2D eigenvalue weighted by Gasteiger charge is -2.17. The topological polar surface area (TPSA) is 185 Å². The number of ketones is 2. The summed E-state index contributed by atoms with van der Waals surface area (Å²) in [6.07, 6.45) is 22.6. The Morgan fingerprint density at radius 2 is 0.817 bits per heavy atom. The number of fused-ring (bicyclic) bond motifs is 2. The van der Waals surface area contributed by atoms with Crippen molar-refractivity contribution in [2.45, 2.75) is 154 Å². The van der Waals surface area contributed by atoms with E-state index in [-0.39, 0.29) is 47.0 Å². The van der Waals surface area contributed by atoms with Crippen LogP contribution in [0.5, 0.6) is 0 Å². The number of allylic oxidation sites excluding steroid dienone is 2. The van der Waals surface area contributed by atoms with Crippen molar-refractivity contribution in [3.8, 4) is 0 Å². The number of nitrogens with one attached hydrogen (secondary N) is 3. The number of halogens is 2. The van der Waals surface area contributed by atoms with E-state index < -0.39 is 24.1 Å². The van der Waals surface area contributed by atoms with Gasteiger partial charge in [0.05, 0.1) is 23.5 Å². The summed E-state index contributed by atoms with van der Waals surface area (Å²) in [5, 5.41) is 18.8. The molecule has 2 heterocycles. The van der Waals surface area contributed by atoms with Crippen LogP contribution in [0.4, 0.5) is 0 Å². The van der Waals surface area contributed by atoms with Gasteiger partial charge in [0.2, 0.25) is 17.7 Å². The van der Waals surface area contributed by atoms with Gasteiger partial charge in [0.15, 0.2) is 11.6 Å². The third-order valence-corrected chi connectivity index (χ3v) is 17.8. The quantitative estimate of drug-likeness (QED) is 0.0555. The van der Waals surface area contributed by atoms with Crippen molar-refractivity contribution in [3.63, 3.8) is 0 Å². The lowest BCUT2D eigenvalue weighted by atomic mass is 9.96. The first-order chi connectivity index (χ1) is 39.5. The average molecular weight is 1150 g/mol. The van der Waals surface area contributed by atoms with E-state index in [4.69, 9.17) is 28.3 Å². The van der Waals surface area contributed by atoms with Gasteiger partial charge in [-0.05, 0) is 168 Å². The van der Waals surface area contributed by atoms with Gasteiger partial charge in [-0.25, -0.2) is 0 Å². The van der Waals surface area contributed by atoms with Gasteiger partial charge >= 0.3 is 5.97 Å². The van der Waals surface area contributed by atoms with Crippen molar-refractivity contribution in [2.75, 3.05) is 0 Å². The molecule has 10 rings (SSSR count). The Labute approximate surface area is 493 Å². The second-order valence-corrected chi connectivity index (χ2v) is 24.2. The SMILES string of the molecule is C[C@H](NC(=O)[C@@H]1CC[C@@H](Cc2ccccc2)C1)C(=O)CCc1cnc2c(c1)C(Cl)=CC2.C[C@H](NC(=O)[C@@H]1CC[C@@H](Cc2ccccc2)C1)C(=O)CCc1cnc2c(c1)C(Cl)=CC2.C[C@H](NC(=O)[C@@H]1CC[C@@H](Cc2ccccc2)C1)C(=O)O. The summed E-state index contributed by atoms with van der Waals surface area (Å²) in [6, 6.07) is 33.5. The summed E-state index contributed by atoms with van der Waals surface area (Å²) in [5.41, 5.74) is 9.88. The zero-order valence-electron chi connectivity index (χ0n) is 47.6. The highest BCUT2D eigenvalue weighted by Gasteiger charge is 2.34. The molecule has 0 unspecified atom stereocenters. The first-order valence-corrected chi connectivity index (χ1v) is 30.3. The third kappa shape index (κ3) is 17.9. The Balaban J connectivity index is 0.000000165. The normalized spacial score (nSPS) is 21.4. The number of hydrogen-bond acceptors (Lipinski definition) is 8. The molecule has 4 N–H and O–H groups in total. The van der Waals surface area contributed by atoms with Gasteiger partial charge in [0.25, 0.3) is 0 Å². The molecule has 9 atom stereocenters. The first-order valence-electron chi connectivity index (χ1n) is 29.5. The fourth-order valence-corrected chi connectivity index (χ4v) is 12.7. The van der Waals surface area contributed by atoms with Gasteiger partial charge in [0, 0.05) is 77.0 Å². The van der Waals surface area contributed by atoms with E-state index in [0.717, 1.165) is 134 Å². The van der Waals surface area contributed by atoms with E-state index >= 15 is 0 Å². The number of benzene rings is 3. The molecule has 0 radical (unpaired) electrons.